The summed E-state index contributed by atoms with van der Waals surface area (Å²) in [5.74, 6) is -0.192. The van der Waals surface area contributed by atoms with E-state index in [0.29, 0.717) is 6.42 Å². The van der Waals surface area contributed by atoms with Gasteiger partial charge in [0.05, 0.1) is 25.4 Å². The minimum atomic E-state index is -1.57. The summed E-state index contributed by atoms with van der Waals surface area (Å²) >= 11 is 0. The molecule has 1 heterocycles. The molecule has 0 radical (unpaired) electrons. The number of carbonyl (C=O) groups excluding carboxylic acids is 1. The second-order valence-corrected chi connectivity index (χ2v) is 20.8. The van der Waals surface area contributed by atoms with Gasteiger partial charge in [-0.25, -0.2) is 0 Å². The molecule has 0 aromatic heterocycles. The van der Waals surface area contributed by atoms with Crippen LogP contribution in [0.25, 0.3) is 0 Å². The molecule has 9 heteroatoms. The second-order valence-electron chi connectivity index (χ2n) is 20.8. The molecule has 0 aliphatic carbocycles. The first kappa shape index (κ1) is 66.9. The summed E-state index contributed by atoms with van der Waals surface area (Å²) in [7, 11) is 0. The van der Waals surface area contributed by atoms with Gasteiger partial charge in [0, 0.05) is 6.42 Å². The molecule has 0 spiro atoms. The Bertz CT molecular complexity index is 1300. The van der Waals surface area contributed by atoms with Gasteiger partial charge in [-0.3, -0.25) is 4.79 Å². The van der Waals surface area contributed by atoms with Gasteiger partial charge in [0.2, 0.25) is 5.91 Å². The zero-order valence-corrected chi connectivity index (χ0v) is 46.0. The number of rotatable bonds is 51. The molecule has 0 aromatic carbocycles. The molecule has 7 atom stereocenters. The average Bonchev–Trinajstić information content (AvgIpc) is 3.37. The van der Waals surface area contributed by atoms with Crippen molar-refractivity contribution in [2.75, 3.05) is 13.2 Å². The van der Waals surface area contributed by atoms with Gasteiger partial charge < -0.3 is 40.3 Å². The van der Waals surface area contributed by atoms with Gasteiger partial charge in [0.1, 0.15) is 24.4 Å². The van der Waals surface area contributed by atoms with Gasteiger partial charge >= 0.3 is 0 Å². The first-order valence-corrected chi connectivity index (χ1v) is 30.0. The number of nitrogens with one attached hydrogen (secondary N) is 1. The van der Waals surface area contributed by atoms with Gasteiger partial charge in [-0.15, -0.1) is 0 Å². The largest absolute Gasteiger partial charge is 0.394 e. The van der Waals surface area contributed by atoms with E-state index < -0.39 is 49.5 Å². The number of hydrogen-bond acceptors (Lipinski definition) is 8. The third kappa shape index (κ3) is 40.9. The number of aliphatic hydroxyl groups is 5. The molecular formula is C62H113NO8. The maximum atomic E-state index is 13.0. The number of ether oxygens (including phenoxy) is 2. The number of hydrogen-bond donors (Lipinski definition) is 6. The van der Waals surface area contributed by atoms with Crippen LogP contribution in [0.2, 0.25) is 0 Å². The van der Waals surface area contributed by atoms with E-state index in [1.54, 1.807) is 6.08 Å². The monoisotopic (exact) mass is 1000 g/mol. The number of aliphatic hydroxyl groups excluding tert-OH is 5. The Balaban J connectivity index is 2.06. The van der Waals surface area contributed by atoms with Crippen molar-refractivity contribution in [2.24, 2.45) is 0 Å². The summed E-state index contributed by atoms with van der Waals surface area (Å²) in [5.41, 5.74) is 0. The van der Waals surface area contributed by atoms with E-state index in [1.807, 2.05) is 6.08 Å². The van der Waals surface area contributed by atoms with Crippen LogP contribution in [0.15, 0.2) is 60.8 Å². The predicted octanol–water partition coefficient (Wildman–Crippen LogP) is 15.1. The Morgan fingerprint density at radius 3 is 1.31 bits per heavy atom. The Labute approximate surface area is 436 Å². The number of allylic oxidation sites excluding steroid dienone is 9. The van der Waals surface area contributed by atoms with Crippen LogP contribution in [0.3, 0.4) is 0 Å². The first-order chi connectivity index (χ1) is 34.8. The fraction of sp³-hybridized carbons (Fsp3) is 0.823. The van der Waals surface area contributed by atoms with Crippen molar-refractivity contribution in [1.29, 1.82) is 0 Å². The average molecular weight is 1000 g/mol. The Kier molecular flexibility index (Phi) is 48.4. The van der Waals surface area contributed by atoms with E-state index in [2.05, 4.69) is 67.8 Å². The molecule has 1 rings (SSSR count). The van der Waals surface area contributed by atoms with Gasteiger partial charge in [0.25, 0.3) is 0 Å². The van der Waals surface area contributed by atoms with Crippen LogP contribution in [-0.2, 0) is 14.3 Å². The van der Waals surface area contributed by atoms with Crippen LogP contribution in [-0.4, -0.2) is 87.5 Å². The lowest BCUT2D eigenvalue weighted by Crippen LogP contribution is -2.60. The topological polar surface area (TPSA) is 149 Å². The Hall–Kier alpha value is -2.11. The summed E-state index contributed by atoms with van der Waals surface area (Å²) < 4.78 is 11.2. The Morgan fingerprint density at radius 2 is 0.873 bits per heavy atom. The molecule has 1 fully saturated rings. The lowest BCUT2D eigenvalue weighted by molar-refractivity contribution is -0.302. The highest BCUT2D eigenvalue weighted by Gasteiger charge is 2.44. The zero-order valence-electron chi connectivity index (χ0n) is 46.0. The molecule has 0 saturated carbocycles. The van der Waals surface area contributed by atoms with Crippen molar-refractivity contribution in [3.8, 4) is 0 Å². The molecule has 1 aliphatic heterocycles. The van der Waals surface area contributed by atoms with E-state index in [4.69, 9.17) is 9.47 Å². The smallest absolute Gasteiger partial charge is 0.220 e. The van der Waals surface area contributed by atoms with Crippen molar-refractivity contribution in [2.45, 2.75) is 314 Å². The standard InChI is InChI=1S/C62H113NO8/c1-3-5-7-9-11-13-15-16-17-18-19-20-21-22-23-24-25-26-27-28-29-30-31-32-33-34-35-36-37-38-39-40-42-44-46-48-50-52-58(66)63-55(54-70-62-61(69)60(68)59(67)57(53-64)71-62)56(65)51-49-47-45-43-41-14-12-10-8-6-4-2/h8,10,23-24,26-27,41,43,49,51,55-57,59-62,64-65,67-69H,3-7,9,11-22,25,28-40,42,44-48,50,52-54H2,1-2H3,(H,63,66)/b10-8+,24-23-,27-26-,43-41+,51-49+. The van der Waals surface area contributed by atoms with Crippen molar-refractivity contribution >= 4 is 5.91 Å². The number of carbonyl (C=O) groups is 1. The van der Waals surface area contributed by atoms with E-state index in [9.17, 15) is 30.3 Å². The van der Waals surface area contributed by atoms with Gasteiger partial charge in [0.15, 0.2) is 6.29 Å². The van der Waals surface area contributed by atoms with Crippen LogP contribution in [0, 0.1) is 0 Å². The van der Waals surface area contributed by atoms with E-state index in [-0.39, 0.29) is 12.5 Å². The van der Waals surface area contributed by atoms with E-state index in [1.165, 1.54) is 186 Å². The van der Waals surface area contributed by atoms with Gasteiger partial charge in [-0.05, 0) is 70.6 Å². The highest BCUT2D eigenvalue weighted by molar-refractivity contribution is 5.76. The summed E-state index contributed by atoms with van der Waals surface area (Å²) in [6, 6.07) is -0.828. The minimum absolute atomic E-state index is 0.192. The minimum Gasteiger partial charge on any atom is -0.394 e. The highest BCUT2D eigenvalue weighted by Crippen LogP contribution is 2.23. The van der Waals surface area contributed by atoms with Crippen molar-refractivity contribution in [1.82, 2.24) is 5.32 Å². The Morgan fingerprint density at radius 1 is 0.479 bits per heavy atom. The van der Waals surface area contributed by atoms with E-state index >= 15 is 0 Å². The SMILES string of the molecule is CCC/C=C/CC/C=C/CC/C=C/C(O)C(COC1OC(CO)C(O)C(O)C1O)NC(=O)CCCCCCCCCCCCCCCCCCC/C=C\C/C=C\CCCCCCCCCCCCCCC. The van der Waals surface area contributed by atoms with Crippen LogP contribution in [0.5, 0.6) is 0 Å². The maximum Gasteiger partial charge on any atom is 0.220 e. The van der Waals surface area contributed by atoms with Crippen LogP contribution < -0.4 is 5.32 Å². The lowest BCUT2D eigenvalue weighted by Gasteiger charge is -2.40. The summed E-state index contributed by atoms with van der Waals surface area (Å²) in [5, 5.41) is 54.3. The molecule has 7 unspecified atom stereocenters. The quantitative estimate of drug-likeness (QED) is 0.0261. The third-order valence-corrected chi connectivity index (χ3v) is 14.0. The summed E-state index contributed by atoms with van der Waals surface area (Å²) in [6.45, 7) is 3.69. The predicted molar refractivity (Wildman–Crippen MR) is 299 cm³/mol. The summed E-state index contributed by atoms with van der Waals surface area (Å²) in [4.78, 5) is 13.0. The fourth-order valence-corrected chi connectivity index (χ4v) is 9.29. The molecular weight excluding hydrogens is 887 g/mol. The molecule has 1 amide bonds. The highest BCUT2D eigenvalue weighted by atomic mass is 16.7. The molecule has 71 heavy (non-hydrogen) atoms. The van der Waals surface area contributed by atoms with Gasteiger partial charge in [-0.1, -0.05) is 254 Å². The van der Waals surface area contributed by atoms with Crippen molar-refractivity contribution in [3.05, 3.63) is 60.8 Å². The maximum absolute atomic E-state index is 13.0. The third-order valence-electron chi connectivity index (χ3n) is 14.0. The van der Waals surface area contributed by atoms with Crippen LogP contribution in [0.4, 0.5) is 0 Å². The summed E-state index contributed by atoms with van der Waals surface area (Å²) in [6.07, 6.45) is 63.4. The van der Waals surface area contributed by atoms with Crippen molar-refractivity contribution in [3.63, 3.8) is 0 Å². The van der Waals surface area contributed by atoms with Crippen molar-refractivity contribution < 1.29 is 39.8 Å². The second kappa shape index (κ2) is 51.4. The fourth-order valence-electron chi connectivity index (χ4n) is 9.29. The molecule has 1 saturated heterocycles. The number of amides is 1. The lowest BCUT2D eigenvalue weighted by atomic mass is 9.99. The van der Waals surface area contributed by atoms with Gasteiger partial charge in [-0.2, -0.15) is 0 Å². The zero-order chi connectivity index (χ0) is 51.5. The number of unbranched alkanes of at least 4 members (excludes halogenated alkanes) is 33. The molecule has 414 valence electrons. The molecule has 0 bridgehead atoms. The van der Waals surface area contributed by atoms with Crippen LogP contribution >= 0.6 is 0 Å². The molecule has 1 aliphatic rings. The molecule has 0 aromatic rings. The first-order valence-electron chi connectivity index (χ1n) is 30.0. The molecule has 6 N–H and O–H groups in total. The molecule has 9 nitrogen and oxygen atoms in total. The van der Waals surface area contributed by atoms with E-state index in [0.717, 1.165) is 64.2 Å². The normalized spacial score (nSPS) is 19.7. The van der Waals surface area contributed by atoms with Crippen LogP contribution in [0.1, 0.15) is 271 Å².